The van der Waals surface area contributed by atoms with Gasteiger partial charge in [0.15, 0.2) is 17.3 Å². The highest BCUT2D eigenvalue weighted by Crippen LogP contribution is 2.51. The number of ether oxygens (including phenoxy) is 2. The number of aromatic nitrogens is 1. The average molecular weight is 474 g/mol. The largest absolute Gasteiger partial charge is 0.493 e. The third-order valence-corrected chi connectivity index (χ3v) is 6.93. The Morgan fingerprint density at radius 2 is 1.64 bits per heavy atom. The Labute approximate surface area is 208 Å². The van der Waals surface area contributed by atoms with Crippen molar-refractivity contribution in [2.24, 2.45) is 5.10 Å². The van der Waals surface area contributed by atoms with Crippen LogP contribution >= 0.6 is 0 Å². The van der Waals surface area contributed by atoms with E-state index in [-0.39, 0.29) is 6.04 Å². The normalized spacial score (nSPS) is 18.4. The number of para-hydroxylation sites is 1. The first-order chi connectivity index (χ1) is 17.8. The fourth-order valence-electron chi connectivity index (χ4n) is 5.18. The summed E-state index contributed by atoms with van der Waals surface area (Å²) in [6, 6.07) is 32.6. The van der Waals surface area contributed by atoms with Gasteiger partial charge >= 0.3 is 0 Å². The van der Waals surface area contributed by atoms with Gasteiger partial charge in [0.25, 0.3) is 0 Å². The first-order valence-corrected chi connectivity index (χ1v) is 12.0. The minimum Gasteiger partial charge on any atom is -0.493 e. The maximum absolute atomic E-state index is 6.65. The van der Waals surface area contributed by atoms with E-state index in [0.717, 1.165) is 62.5 Å². The lowest BCUT2D eigenvalue weighted by molar-refractivity contribution is -0.0208. The number of hydrogen-bond donors (Lipinski definition) is 0. The molecule has 0 aliphatic carbocycles. The Kier molecular flexibility index (Phi) is 4.77. The highest BCUT2D eigenvalue weighted by atomic mass is 16.5. The van der Waals surface area contributed by atoms with Crippen LogP contribution in [0.25, 0.3) is 22.2 Å². The summed E-state index contributed by atoms with van der Waals surface area (Å²) in [4.78, 5) is 0. The summed E-state index contributed by atoms with van der Waals surface area (Å²) in [6.07, 6.45) is 0.359. The minimum absolute atomic E-state index is 0.0378. The molecule has 2 aliphatic heterocycles. The molecule has 0 saturated heterocycles. The van der Waals surface area contributed by atoms with E-state index in [9.17, 15) is 0 Å². The summed E-state index contributed by atoms with van der Waals surface area (Å²) in [6.45, 7) is 0. The maximum atomic E-state index is 6.65. The summed E-state index contributed by atoms with van der Waals surface area (Å²) in [5.41, 5.74) is 6.01. The van der Waals surface area contributed by atoms with E-state index < -0.39 is 6.23 Å². The standard InChI is InChI=1S/C30H23N3O3/c1-34-27-14-8-13-22-26-18-25(19-9-4-2-5-10-19)31-33(26)30(35-29(22)27)21-15-16-24-23(17-21)28(36-32-24)20-11-6-3-7-12-20/h2-17,26,30H,18H2,1H3/t26-,30+/m0/s1. The van der Waals surface area contributed by atoms with Crippen LogP contribution in [0.2, 0.25) is 0 Å². The van der Waals surface area contributed by atoms with E-state index in [0.29, 0.717) is 0 Å². The first-order valence-electron chi connectivity index (χ1n) is 12.0. The Balaban J connectivity index is 1.37. The van der Waals surface area contributed by atoms with Crippen molar-refractivity contribution >= 4 is 16.6 Å². The second kappa shape index (κ2) is 8.27. The van der Waals surface area contributed by atoms with Gasteiger partial charge in [0.2, 0.25) is 6.23 Å². The number of rotatable bonds is 4. The van der Waals surface area contributed by atoms with Crippen molar-refractivity contribution in [3.05, 3.63) is 114 Å². The Morgan fingerprint density at radius 3 is 2.42 bits per heavy atom. The Morgan fingerprint density at radius 1 is 0.861 bits per heavy atom. The molecule has 2 atom stereocenters. The van der Waals surface area contributed by atoms with Crippen molar-refractivity contribution in [3.63, 3.8) is 0 Å². The molecule has 4 aromatic carbocycles. The van der Waals surface area contributed by atoms with Crippen molar-refractivity contribution in [2.45, 2.75) is 18.7 Å². The zero-order valence-electron chi connectivity index (χ0n) is 19.7. The first kappa shape index (κ1) is 20.8. The van der Waals surface area contributed by atoms with Crippen molar-refractivity contribution in [3.8, 4) is 22.8 Å². The molecule has 0 fully saturated rings. The highest BCUT2D eigenvalue weighted by Gasteiger charge is 2.42. The number of nitrogens with zero attached hydrogens (tertiary/aromatic N) is 3. The Hall–Kier alpha value is -4.58. The number of hydrogen-bond acceptors (Lipinski definition) is 6. The molecule has 0 unspecified atom stereocenters. The van der Waals surface area contributed by atoms with Gasteiger partial charge < -0.3 is 14.0 Å². The van der Waals surface area contributed by atoms with Crippen LogP contribution in [0.15, 0.2) is 107 Å². The van der Waals surface area contributed by atoms with Crippen LogP contribution < -0.4 is 9.47 Å². The molecule has 7 rings (SSSR count). The molecule has 2 aliphatic rings. The van der Waals surface area contributed by atoms with Gasteiger partial charge in [0, 0.05) is 23.1 Å². The lowest BCUT2D eigenvalue weighted by atomic mass is 9.95. The number of methoxy groups -OCH3 is 1. The van der Waals surface area contributed by atoms with Gasteiger partial charge in [-0.05, 0) is 23.8 Å². The summed E-state index contributed by atoms with van der Waals surface area (Å²) in [5, 5.41) is 12.4. The second-order valence-electron chi connectivity index (χ2n) is 9.02. The van der Waals surface area contributed by atoms with E-state index in [1.165, 1.54) is 0 Å². The predicted octanol–water partition coefficient (Wildman–Crippen LogP) is 6.75. The fourth-order valence-corrected chi connectivity index (χ4v) is 5.18. The monoisotopic (exact) mass is 473 g/mol. The lowest BCUT2D eigenvalue weighted by Crippen LogP contribution is -2.33. The molecule has 0 amide bonds. The molecule has 6 nitrogen and oxygen atoms in total. The molecule has 36 heavy (non-hydrogen) atoms. The minimum atomic E-state index is -0.428. The molecule has 0 spiro atoms. The molecule has 0 N–H and O–H groups in total. The molecular formula is C30H23N3O3. The van der Waals surface area contributed by atoms with Crippen LogP contribution in [0, 0.1) is 0 Å². The molecule has 176 valence electrons. The van der Waals surface area contributed by atoms with Gasteiger partial charge in [0.05, 0.1) is 24.2 Å². The van der Waals surface area contributed by atoms with Crippen LogP contribution in [0.3, 0.4) is 0 Å². The molecule has 0 radical (unpaired) electrons. The zero-order chi connectivity index (χ0) is 24.1. The summed E-state index contributed by atoms with van der Waals surface area (Å²) >= 11 is 0. The second-order valence-corrected chi connectivity index (χ2v) is 9.02. The third kappa shape index (κ3) is 3.26. The van der Waals surface area contributed by atoms with E-state index in [1.54, 1.807) is 7.11 Å². The summed E-state index contributed by atoms with van der Waals surface area (Å²) < 4.78 is 18.1. The topological polar surface area (TPSA) is 60.1 Å². The molecule has 3 heterocycles. The molecule has 0 bridgehead atoms. The van der Waals surface area contributed by atoms with Gasteiger partial charge in [-0.2, -0.15) is 5.10 Å². The number of fused-ring (bicyclic) bond motifs is 4. The van der Waals surface area contributed by atoms with Crippen molar-refractivity contribution in [1.82, 2.24) is 10.2 Å². The zero-order valence-corrected chi connectivity index (χ0v) is 19.7. The highest BCUT2D eigenvalue weighted by molar-refractivity contribution is 6.02. The Bertz CT molecular complexity index is 1590. The third-order valence-electron chi connectivity index (χ3n) is 6.93. The molecule has 0 saturated carbocycles. The van der Waals surface area contributed by atoms with Crippen LogP contribution in [0.1, 0.15) is 35.4 Å². The average Bonchev–Trinajstić information content (AvgIpc) is 3.58. The van der Waals surface area contributed by atoms with Gasteiger partial charge in [-0.1, -0.05) is 84.0 Å². The SMILES string of the molecule is COc1cccc2c1O[C@H](c1ccc3noc(-c4ccccc4)c3c1)N1N=C(c3ccccc3)C[C@@H]21. The van der Waals surface area contributed by atoms with Gasteiger partial charge in [-0.15, -0.1) is 0 Å². The van der Waals surface area contributed by atoms with E-state index in [4.69, 9.17) is 19.1 Å². The van der Waals surface area contributed by atoms with Gasteiger partial charge in [-0.3, -0.25) is 0 Å². The van der Waals surface area contributed by atoms with Crippen molar-refractivity contribution in [1.29, 1.82) is 0 Å². The number of benzene rings is 4. The number of hydrazone groups is 1. The molecule has 5 aromatic rings. The molecule has 1 aromatic heterocycles. The van der Waals surface area contributed by atoms with Crippen LogP contribution in [0.5, 0.6) is 11.5 Å². The molecule has 6 heteroatoms. The lowest BCUT2D eigenvalue weighted by Gasteiger charge is -2.38. The predicted molar refractivity (Wildman–Crippen MR) is 138 cm³/mol. The van der Waals surface area contributed by atoms with Crippen molar-refractivity contribution in [2.75, 3.05) is 7.11 Å². The van der Waals surface area contributed by atoms with Gasteiger partial charge in [-0.25, -0.2) is 5.01 Å². The summed E-state index contributed by atoms with van der Waals surface area (Å²) in [5.74, 6) is 2.23. The van der Waals surface area contributed by atoms with E-state index in [2.05, 4.69) is 34.4 Å². The van der Waals surface area contributed by atoms with Gasteiger partial charge in [0.1, 0.15) is 5.52 Å². The maximum Gasteiger partial charge on any atom is 0.214 e. The molecular weight excluding hydrogens is 450 g/mol. The quantitative estimate of drug-likeness (QED) is 0.289. The smallest absolute Gasteiger partial charge is 0.214 e. The van der Waals surface area contributed by atoms with E-state index in [1.807, 2.05) is 72.8 Å². The van der Waals surface area contributed by atoms with E-state index >= 15 is 0 Å². The fraction of sp³-hybridized carbons (Fsp3) is 0.133. The van der Waals surface area contributed by atoms with Crippen LogP contribution in [-0.4, -0.2) is 23.0 Å². The summed E-state index contributed by atoms with van der Waals surface area (Å²) in [7, 11) is 1.68. The van der Waals surface area contributed by atoms with Crippen LogP contribution in [-0.2, 0) is 0 Å². The van der Waals surface area contributed by atoms with Crippen LogP contribution in [0.4, 0.5) is 0 Å². The van der Waals surface area contributed by atoms with Crippen molar-refractivity contribution < 1.29 is 14.0 Å².